The first kappa shape index (κ1) is 21.9. The van der Waals surface area contributed by atoms with E-state index < -0.39 is 11.4 Å². The van der Waals surface area contributed by atoms with Crippen LogP contribution >= 0.6 is 0 Å². The lowest BCUT2D eigenvalue weighted by atomic mass is 10.1. The Hall–Kier alpha value is -3.33. The molecule has 1 aliphatic rings. The van der Waals surface area contributed by atoms with Crippen LogP contribution < -0.4 is 15.8 Å². The molecule has 1 amide bonds. The Morgan fingerprint density at radius 2 is 2.09 bits per heavy atom. The number of halogens is 1. The smallest absolute Gasteiger partial charge is 0.269 e. The lowest BCUT2D eigenvalue weighted by Crippen LogP contribution is -2.52. The first-order valence-corrected chi connectivity index (χ1v) is 10.8. The highest BCUT2D eigenvalue weighted by atomic mass is 19.1. The Bertz CT molecular complexity index is 1190. The largest absolute Gasteiger partial charge is 0.367 e. The average molecular weight is 439 g/mol. The predicted octanol–water partition coefficient (Wildman–Crippen LogP) is 2.23. The standard InChI is InChI=1S/C23H27FN6O2/c1-4-16-13-30(17-5-6-18(26-11-17)23(32)25-3)8-7-29(16)12-15-9-19-21(27-10-15)20(24)14(2)22(31)28-19/h5-6,9-11,16H,4,7-8,12-13H2,1-3H3,(H,25,32)(H,28,31)/t16-/m0/s1. The van der Waals surface area contributed by atoms with Crippen LogP contribution in [0.4, 0.5) is 10.1 Å². The molecule has 8 nitrogen and oxygen atoms in total. The number of nitrogens with zero attached hydrogens (tertiary/aromatic N) is 4. The van der Waals surface area contributed by atoms with Gasteiger partial charge < -0.3 is 15.2 Å². The zero-order valence-electron chi connectivity index (χ0n) is 18.5. The minimum absolute atomic E-state index is 0.0535. The molecule has 32 heavy (non-hydrogen) atoms. The van der Waals surface area contributed by atoms with Gasteiger partial charge >= 0.3 is 0 Å². The summed E-state index contributed by atoms with van der Waals surface area (Å²) in [5.74, 6) is -0.764. The van der Waals surface area contributed by atoms with Crippen LogP contribution in [0.3, 0.4) is 0 Å². The maximum atomic E-state index is 14.3. The molecule has 168 valence electrons. The summed E-state index contributed by atoms with van der Waals surface area (Å²) in [6.45, 7) is 6.78. The first-order chi connectivity index (χ1) is 15.4. The molecule has 3 aromatic rings. The molecule has 2 N–H and O–H groups in total. The van der Waals surface area contributed by atoms with Crippen LogP contribution in [0.5, 0.6) is 0 Å². The third kappa shape index (κ3) is 4.20. The summed E-state index contributed by atoms with van der Waals surface area (Å²) in [5.41, 5.74) is 2.56. The normalized spacial score (nSPS) is 17.0. The fraction of sp³-hybridized carbons (Fsp3) is 0.391. The summed E-state index contributed by atoms with van der Waals surface area (Å²) in [5, 5.41) is 2.58. The Morgan fingerprint density at radius 3 is 2.78 bits per heavy atom. The van der Waals surface area contributed by atoms with E-state index in [-0.39, 0.29) is 17.0 Å². The molecule has 4 rings (SSSR count). The van der Waals surface area contributed by atoms with Crippen molar-refractivity contribution in [2.75, 3.05) is 31.6 Å². The van der Waals surface area contributed by atoms with Crippen LogP contribution in [0.15, 0.2) is 35.4 Å². The van der Waals surface area contributed by atoms with E-state index in [1.165, 1.54) is 6.92 Å². The van der Waals surface area contributed by atoms with Crippen molar-refractivity contribution < 1.29 is 9.18 Å². The van der Waals surface area contributed by atoms with Crippen molar-refractivity contribution >= 4 is 22.6 Å². The van der Waals surface area contributed by atoms with Crippen LogP contribution in [0, 0.1) is 12.7 Å². The van der Waals surface area contributed by atoms with E-state index in [2.05, 4.69) is 37.0 Å². The van der Waals surface area contributed by atoms with E-state index in [0.29, 0.717) is 23.8 Å². The average Bonchev–Trinajstić information content (AvgIpc) is 2.82. The number of aromatic nitrogens is 3. The third-order valence-electron chi connectivity index (χ3n) is 6.10. The third-order valence-corrected chi connectivity index (χ3v) is 6.10. The van der Waals surface area contributed by atoms with E-state index in [0.717, 1.165) is 37.3 Å². The van der Waals surface area contributed by atoms with E-state index in [9.17, 15) is 14.0 Å². The maximum Gasteiger partial charge on any atom is 0.269 e. The SMILES string of the molecule is CC[C@H]1CN(c2ccc(C(=O)NC)nc2)CCN1Cc1cnc2c(F)c(C)c(=O)[nH]c2c1. The highest BCUT2D eigenvalue weighted by Gasteiger charge is 2.26. The lowest BCUT2D eigenvalue weighted by Gasteiger charge is -2.42. The number of aromatic amines is 1. The molecule has 1 atom stereocenters. The van der Waals surface area contributed by atoms with Gasteiger partial charge in [-0.3, -0.25) is 19.5 Å². The molecule has 0 aromatic carbocycles. The van der Waals surface area contributed by atoms with E-state index in [4.69, 9.17) is 0 Å². The van der Waals surface area contributed by atoms with Gasteiger partial charge in [-0.05, 0) is 37.1 Å². The highest BCUT2D eigenvalue weighted by molar-refractivity contribution is 5.92. The molecule has 0 unspecified atom stereocenters. The molecule has 4 heterocycles. The van der Waals surface area contributed by atoms with Crippen molar-refractivity contribution in [1.82, 2.24) is 25.2 Å². The number of pyridine rings is 3. The fourth-order valence-electron chi connectivity index (χ4n) is 4.15. The first-order valence-electron chi connectivity index (χ1n) is 10.8. The van der Waals surface area contributed by atoms with E-state index in [1.807, 2.05) is 12.1 Å². The maximum absolute atomic E-state index is 14.3. The monoisotopic (exact) mass is 438 g/mol. The number of carbonyl (C=O) groups is 1. The number of fused-ring (bicyclic) bond motifs is 1. The van der Waals surface area contributed by atoms with Gasteiger partial charge in [-0.1, -0.05) is 6.92 Å². The van der Waals surface area contributed by atoms with Gasteiger partial charge in [0.05, 0.1) is 23.0 Å². The van der Waals surface area contributed by atoms with Crippen molar-refractivity contribution in [2.24, 2.45) is 0 Å². The molecule has 0 radical (unpaired) electrons. The van der Waals surface area contributed by atoms with Gasteiger partial charge in [0.2, 0.25) is 0 Å². The number of hydrogen-bond acceptors (Lipinski definition) is 6. The minimum atomic E-state index is -0.564. The van der Waals surface area contributed by atoms with Crippen molar-refractivity contribution in [2.45, 2.75) is 32.9 Å². The number of rotatable bonds is 5. The molecular formula is C23H27FN6O2. The summed E-state index contributed by atoms with van der Waals surface area (Å²) in [4.78, 5) is 39.6. The molecule has 1 aliphatic heterocycles. The molecule has 0 bridgehead atoms. The molecule has 0 spiro atoms. The van der Waals surface area contributed by atoms with Gasteiger partial charge in [0, 0.05) is 45.5 Å². The Labute approximate surface area is 185 Å². The van der Waals surface area contributed by atoms with E-state index in [1.54, 1.807) is 25.5 Å². The molecule has 9 heteroatoms. The topological polar surface area (TPSA) is 94.2 Å². The van der Waals surface area contributed by atoms with Crippen molar-refractivity contribution in [1.29, 1.82) is 0 Å². The quantitative estimate of drug-likeness (QED) is 0.635. The van der Waals surface area contributed by atoms with Crippen LogP contribution in [-0.4, -0.2) is 58.5 Å². The zero-order valence-corrected chi connectivity index (χ0v) is 18.5. The van der Waals surface area contributed by atoms with Crippen LogP contribution in [0.2, 0.25) is 0 Å². The number of amides is 1. The van der Waals surface area contributed by atoms with Crippen LogP contribution in [-0.2, 0) is 6.54 Å². The van der Waals surface area contributed by atoms with Gasteiger partial charge in [0.15, 0.2) is 5.82 Å². The van der Waals surface area contributed by atoms with Gasteiger partial charge in [0.1, 0.15) is 11.2 Å². The predicted molar refractivity (Wildman–Crippen MR) is 121 cm³/mol. The van der Waals surface area contributed by atoms with Gasteiger partial charge in [-0.25, -0.2) is 9.37 Å². The van der Waals surface area contributed by atoms with Gasteiger partial charge in [0.25, 0.3) is 11.5 Å². The van der Waals surface area contributed by atoms with Gasteiger partial charge in [-0.15, -0.1) is 0 Å². The minimum Gasteiger partial charge on any atom is -0.367 e. The second-order valence-electron chi connectivity index (χ2n) is 8.09. The van der Waals surface area contributed by atoms with Gasteiger partial charge in [-0.2, -0.15) is 0 Å². The summed E-state index contributed by atoms with van der Waals surface area (Å²) >= 11 is 0. The molecule has 0 aliphatic carbocycles. The summed E-state index contributed by atoms with van der Waals surface area (Å²) < 4.78 is 14.3. The zero-order chi connectivity index (χ0) is 22.8. The summed E-state index contributed by atoms with van der Waals surface area (Å²) in [6, 6.07) is 5.79. The van der Waals surface area contributed by atoms with E-state index >= 15 is 0 Å². The highest BCUT2D eigenvalue weighted by Crippen LogP contribution is 2.23. The van der Waals surface area contributed by atoms with Crippen molar-refractivity contribution in [3.05, 3.63) is 63.6 Å². The fourth-order valence-corrected chi connectivity index (χ4v) is 4.15. The second-order valence-corrected chi connectivity index (χ2v) is 8.09. The molecular weight excluding hydrogens is 411 g/mol. The molecule has 1 fully saturated rings. The van der Waals surface area contributed by atoms with Crippen LogP contribution in [0.25, 0.3) is 11.0 Å². The van der Waals surface area contributed by atoms with Crippen LogP contribution in [0.1, 0.15) is 35.0 Å². The lowest BCUT2D eigenvalue weighted by molar-refractivity contribution is 0.0958. The second kappa shape index (κ2) is 9.04. The Kier molecular flexibility index (Phi) is 6.18. The number of hydrogen-bond donors (Lipinski definition) is 2. The summed E-state index contributed by atoms with van der Waals surface area (Å²) in [6.07, 6.45) is 4.39. The van der Waals surface area contributed by atoms with Crippen molar-refractivity contribution in [3.8, 4) is 0 Å². The number of carbonyl (C=O) groups excluding carboxylic acids is 1. The Morgan fingerprint density at radius 1 is 1.28 bits per heavy atom. The number of nitrogens with one attached hydrogen (secondary N) is 2. The molecule has 0 saturated carbocycles. The molecule has 1 saturated heterocycles. The number of anilines is 1. The number of H-pyrrole nitrogens is 1. The Balaban J connectivity index is 1.48. The summed E-state index contributed by atoms with van der Waals surface area (Å²) in [7, 11) is 1.59. The van der Waals surface area contributed by atoms with Crippen molar-refractivity contribution in [3.63, 3.8) is 0 Å². The number of piperazine rings is 1. The molecule has 3 aromatic heterocycles.